The molecule has 0 aliphatic carbocycles. The van der Waals surface area contributed by atoms with Crippen LogP contribution in [0, 0.1) is 0 Å². The predicted molar refractivity (Wildman–Crippen MR) is 123 cm³/mol. The van der Waals surface area contributed by atoms with Crippen molar-refractivity contribution in [2.75, 3.05) is 37.6 Å². The van der Waals surface area contributed by atoms with Gasteiger partial charge in [0.2, 0.25) is 0 Å². The Morgan fingerprint density at radius 3 is 2.41 bits per heavy atom. The van der Waals surface area contributed by atoms with Gasteiger partial charge in [-0.2, -0.15) is 0 Å². The van der Waals surface area contributed by atoms with Crippen molar-refractivity contribution < 1.29 is 4.79 Å². The monoisotopic (exact) mass is 436 g/mol. The smallest absolute Gasteiger partial charge is 0.256 e. The Hall–Kier alpha value is -1.82. The Balaban J connectivity index is 0.00000150. The number of hydrogen-bond acceptors (Lipinski definition) is 4. The highest BCUT2D eigenvalue weighted by Crippen LogP contribution is 2.25. The van der Waals surface area contributed by atoms with Gasteiger partial charge in [-0.25, -0.2) is 4.98 Å². The molecule has 29 heavy (non-hydrogen) atoms. The molecule has 7 heteroatoms. The fourth-order valence-electron chi connectivity index (χ4n) is 4.03. The van der Waals surface area contributed by atoms with E-state index in [1.807, 2.05) is 17.0 Å². The average molecular weight is 437 g/mol. The van der Waals surface area contributed by atoms with E-state index in [0.29, 0.717) is 12.1 Å². The van der Waals surface area contributed by atoms with Crippen LogP contribution in [0.3, 0.4) is 0 Å². The van der Waals surface area contributed by atoms with Crippen molar-refractivity contribution in [1.29, 1.82) is 0 Å². The number of nitrogens with zero attached hydrogens (tertiary/aromatic N) is 3. The molecule has 1 aromatic carbocycles. The zero-order valence-corrected chi connectivity index (χ0v) is 18.5. The fraction of sp³-hybridized carbons (Fsp3) is 0.455. The molecule has 3 heterocycles. The summed E-state index contributed by atoms with van der Waals surface area (Å²) in [4.78, 5) is 22.0. The number of carbonyl (C=O) groups is 1. The van der Waals surface area contributed by atoms with Crippen molar-refractivity contribution >= 4 is 36.5 Å². The summed E-state index contributed by atoms with van der Waals surface area (Å²) in [5.41, 5.74) is 3.19. The molecule has 0 saturated carbocycles. The van der Waals surface area contributed by atoms with Crippen molar-refractivity contribution in [1.82, 2.24) is 15.2 Å². The third-order valence-electron chi connectivity index (χ3n) is 5.70. The zero-order valence-electron chi connectivity index (χ0n) is 16.8. The minimum Gasteiger partial charge on any atom is -0.357 e. The highest BCUT2D eigenvalue weighted by Gasteiger charge is 2.29. The number of piperazine rings is 1. The van der Waals surface area contributed by atoms with Crippen LogP contribution in [0.2, 0.25) is 0 Å². The lowest BCUT2D eigenvalue weighted by Gasteiger charge is -2.36. The van der Waals surface area contributed by atoms with Crippen LogP contribution in [0.15, 0.2) is 42.6 Å². The zero-order chi connectivity index (χ0) is 18.6. The van der Waals surface area contributed by atoms with Crippen LogP contribution in [-0.4, -0.2) is 48.5 Å². The lowest BCUT2D eigenvalue weighted by atomic mass is 10.00. The van der Waals surface area contributed by atoms with Crippen LogP contribution in [0.25, 0.3) is 0 Å². The van der Waals surface area contributed by atoms with Gasteiger partial charge >= 0.3 is 0 Å². The number of aromatic nitrogens is 1. The van der Waals surface area contributed by atoms with Crippen molar-refractivity contribution in [3.05, 3.63) is 59.3 Å². The van der Waals surface area contributed by atoms with Gasteiger partial charge in [-0.15, -0.1) is 24.8 Å². The van der Waals surface area contributed by atoms with E-state index in [9.17, 15) is 4.79 Å². The maximum Gasteiger partial charge on any atom is 0.256 e. The third kappa shape index (κ3) is 5.21. The van der Waals surface area contributed by atoms with Crippen LogP contribution in [0.1, 0.15) is 47.3 Å². The van der Waals surface area contributed by atoms with E-state index in [0.717, 1.165) is 38.4 Å². The molecular formula is C22H30Cl2N4O. The van der Waals surface area contributed by atoms with E-state index in [2.05, 4.69) is 46.4 Å². The van der Waals surface area contributed by atoms with Gasteiger partial charge in [-0.05, 0) is 42.5 Å². The molecule has 2 aromatic rings. The molecule has 1 unspecified atom stereocenters. The Bertz CT molecular complexity index is 776. The first-order valence-corrected chi connectivity index (χ1v) is 10.1. The maximum absolute atomic E-state index is 13.2. The summed E-state index contributed by atoms with van der Waals surface area (Å²) in [6.07, 6.45) is 5.22. The number of nitrogens with one attached hydrogen (secondary N) is 1. The van der Waals surface area contributed by atoms with E-state index < -0.39 is 0 Å². The highest BCUT2D eigenvalue weighted by molar-refractivity contribution is 5.94. The Morgan fingerprint density at radius 2 is 1.79 bits per heavy atom. The van der Waals surface area contributed by atoms with Crippen LogP contribution in [0.5, 0.6) is 0 Å². The molecule has 158 valence electrons. The van der Waals surface area contributed by atoms with Crippen LogP contribution < -0.4 is 10.2 Å². The number of pyridine rings is 1. The number of carbonyl (C=O) groups excluding carboxylic acids is 1. The third-order valence-corrected chi connectivity index (χ3v) is 5.70. The van der Waals surface area contributed by atoms with E-state index in [1.165, 1.54) is 24.0 Å². The van der Waals surface area contributed by atoms with Crippen molar-refractivity contribution in [2.24, 2.45) is 0 Å². The summed E-state index contributed by atoms with van der Waals surface area (Å²) in [5, 5.41) is 3.43. The van der Waals surface area contributed by atoms with Gasteiger partial charge in [0.1, 0.15) is 5.82 Å². The summed E-state index contributed by atoms with van der Waals surface area (Å²) in [6, 6.07) is 12.6. The fourth-order valence-corrected chi connectivity index (χ4v) is 4.03. The standard InChI is InChI=1S/C22H28N4O.2ClH/c1-2-17-5-7-18(8-6-17)20-16-23-11-14-26(20)22(27)19-9-10-21(24-15-19)25-12-3-4-13-25;;/h5-10,15,20,23H,2-4,11-14,16H2,1H3;2*1H. The lowest BCUT2D eigenvalue weighted by Crippen LogP contribution is -2.48. The minimum atomic E-state index is 0. The van der Waals surface area contributed by atoms with E-state index in [1.54, 1.807) is 6.20 Å². The number of aryl methyl sites for hydroxylation is 1. The molecule has 5 nitrogen and oxygen atoms in total. The first-order valence-electron chi connectivity index (χ1n) is 10.1. The number of benzene rings is 1. The summed E-state index contributed by atoms with van der Waals surface area (Å²) < 4.78 is 0. The molecule has 1 N–H and O–H groups in total. The molecule has 0 radical (unpaired) electrons. The first-order chi connectivity index (χ1) is 13.3. The summed E-state index contributed by atoms with van der Waals surface area (Å²) in [5.74, 6) is 1.05. The first kappa shape index (κ1) is 23.5. The molecule has 1 atom stereocenters. The summed E-state index contributed by atoms with van der Waals surface area (Å²) in [6.45, 7) is 6.62. The van der Waals surface area contributed by atoms with Crippen molar-refractivity contribution in [2.45, 2.75) is 32.2 Å². The number of halogens is 2. The molecule has 2 aliphatic rings. The number of hydrogen-bond donors (Lipinski definition) is 1. The van der Waals surface area contributed by atoms with Crippen LogP contribution in [-0.2, 0) is 6.42 Å². The second-order valence-corrected chi connectivity index (χ2v) is 7.41. The second kappa shape index (κ2) is 10.8. The minimum absolute atomic E-state index is 0. The van der Waals surface area contributed by atoms with E-state index in [4.69, 9.17) is 0 Å². The normalized spacial score (nSPS) is 18.7. The predicted octanol–water partition coefficient (Wildman–Crippen LogP) is 3.87. The molecular weight excluding hydrogens is 407 g/mol. The molecule has 1 amide bonds. The second-order valence-electron chi connectivity index (χ2n) is 7.41. The highest BCUT2D eigenvalue weighted by atomic mass is 35.5. The molecule has 2 fully saturated rings. The van der Waals surface area contributed by atoms with Gasteiger partial charge in [0.15, 0.2) is 0 Å². The van der Waals surface area contributed by atoms with Gasteiger partial charge in [-0.1, -0.05) is 31.2 Å². The number of anilines is 1. The van der Waals surface area contributed by atoms with Gasteiger partial charge in [0.25, 0.3) is 5.91 Å². The molecule has 2 saturated heterocycles. The molecule has 2 aliphatic heterocycles. The van der Waals surface area contributed by atoms with Gasteiger partial charge in [0, 0.05) is 38.9 Å². The Labute approximate surface area is 185 Å². The van der Waals surface area contributed by atoms with Crippen molar-refractivity contribution in [3.8, 4) is 0 Å². The molecule has 1 aromatic heterocycles. The van der Waals surface area contributed by atoms with Crippen LogP contribution in [0.4, 0.5) is 5.82 Å². The maximum atomic E-state index is 13.2. The quantitative estimate of drug-likeness (QED) is 0.789. The van der Waals surface area contributed by atoms with Crippen LogP contribution >= 0.6 is 24.8 Å². The van der Waals surface area contributed by atoms with E-state index in [-0.39, 0.29) is 36.8 Å². The molecule has 0 bridgehead atoms. The topological polar surface area (TPSA) is 48.5 Å². The Kier molecular flexibility index (Phi) is 8.75. The number of rotatable bonds is 4. The summed E-state index contributed by atoms with van der Waals surface area (Å²) in [7, 11) is 0. The van der Waals surface area contributed by atoms with E-state index >= 15 is 0 Å². The number of amides is 1. The summed E-state index contributed by atoms with van der Waals surface area (Å²) >= 11 is 0. The average Bonchev–Trinajstić information content (AvgIpc) is 3.28. The largest absolute Gasteiger partial charge is 0.357 e. The molecule has 4 rings (SSSR count). The Morgan fingerprint density at radius 1 is 1.07 bits per heavy atom. The van der Waals surface area contributed by atoms with Gasteiger partial charge in [0.05, 0.1) is 11.6 Å². The lowest BCUT2D eigenvalue weighted by molar-refractivity contribution is 0.0634. The van der Waals surface area contributed by atoms with Gasteiger partial charge in [-0.3, -0.25) is 4.79 Å². The molecule has 0 spiro atoms. The van der Waals surface area contributed by atoms with Gasteiger partial charge < -0.3 is 15.1 Å². The SMILES string of the molecule is CCc1ccc(C2CNCCN2C(=O)c2ccc(N3CCCC3)nc2)cc1.Cl.Cl. The van der Waals surface area contributed by atoms with Crippen molar-refractivity contribution in [3.63, 3.8) is 0 Å².